The van der Waals surface area contributed by atoms with Crippen molar-refractivity contribution in [3.8, 4) is 11.5 Å². The van der Waals surface area contributed by atoms with Gasteiger partial charge in [-0.3, -0.25) is 9.59 Å². The van der Waals surface area contributed by atoms with Crippen LogP contribution in [-0.2, 0) is 16.0 Å². The van der Waals surface area contributed by atoms with Crippen molar-refractivity contribution in [3.05, 3.63) is 23.8 Å². The highest BCUT2D eigenvalue weighted by Crippen LogP contribution is 2.26. The first-order valence-electron chi connectivity index (χ1n) is 5.14. The van der Waals surface area contributed by atoms with Crippen LogP contribution in [0, 0.1) is 5.92 Å². The van der Waals surface area contributed by atoms with E-state index in [0.29, 0.717) is 5.56 Å². The fourth-order valence-electron chi connectivity index (χ4n) is 1.67. The molecule has 6 nitrogen and oxygen atoms in total. The van der Waals surface area contributed by atoms with Crippen LogP contribution >= 0.6 is 12.2 Å². The minimum Gasteiger partial charge on any atom is -0.504 e. The summed E-state index contributed by atoms with van der Waals surface area (Å²) in [5.74, 6) is -2.40. The van der Waals surface area contributed by atoms with Gasteiger partial charge in [-0.1, -0.05) is 6.07 Å². The van der Waals surface area contributed by atoms with Crippen LogP contribution in [0.5, 0.6) is 11.5 Å². The molecular weight excluding hydrogens is 256 g/mol. The van der Waals surface area contributed by atoms with Crippen molar-refractivity contribution in [2.75, 3.05) is 0 Å². The van der Waals surface area contributed by atoms with Crippen LogP contribution < -0.4 is 10.6 Å². The van der Waals surface area contributed by atoms with Gasteiger partial charge in [0.25, 0.3) is 0 Å². The molecule has 0 spiro atoms. The Hall–Kier alpha value is -2.15. The minimum absolute atomic E-state index is 0.00481. The fraction of sp³-hybridized carbons (Fsp3) is 0.182. The Kier molecular flexibility index (Phi) is 3.15. The number of rotatable bonds is 2. The lowest BCUT2D eigenvalue weighted by molar-refractivity contribution is -0.135. The van der Waals surface area contributed by atoms with E-state index < -0.39 is 17.7 Å². The van der Waals surface area contributed by atoms with Gasteiger partial charge in [-0.25, -0.2) is 0 Å². The van der Waals surface area contributed by atoms with Crippen LogP contribution in [0.3, 0.4) is 0 Å². The molecular formula is C11H10N2O4S. The second-order valence-electron chi connectivity index (χ2n) is 3.89. The van der Waals surface area contributed by atoms with Crippen LogP contribution in [0.4, 0.5) is 0 Å². The second kappa shape index (κ2) is 4.61. The molecule has 0 radical (unpaired) electrons. The standard InChI is InChI=1S/C11H10N2O4S/c14-7-2-1-5(4-8(7)15)3-6-9(16)12-11(18)13-10(6)17/h1-2,4,6,14-15H,3H2,(H2,12,13,16,17,18). The molecule has 0 aromatic heterocycles. The first-order chi connectivity index (χ1) is 8.47. The van der Waals surface area contributed by atoms with Crippen molar-refractivity contribution >= 4 is 29.1 Å². The van der Waals surface area contributed by atoms with Crippen LogP contribution in [0.1, 0.15) is 5.56 Å². The van der Waals surface area contributed by atoms with E-state index in [1.54, 1.807) is 0 Å². The summed E-state index contributed by atoms with van der Waals surface area (Å²) in [7, 11) is 0. The molecule has 2 amide bonds. The number of thiocarbonyl (C=S) groups is 1. The lowest BCUT2D eigenvalue weighted by Crippen LogP contribution is -2.56. The molecule has 1 saturated heterocycles. The Morgan fingerprint density at radius 3 is 2.28 bits per heavy atom. The summed E-state index contributed by atoms with van der Waals surface area (Å²) in [4.78, 5) is 23.2. The van der Waals surface area contributed by atoms with Gasteiger partial charge in [0.1, 0.15) is 5.92 Å². The maximum atomic E-state index is 11.6. The molecule has 1 aromatic carbocycles. The van der Waals surface area contributed by atoms with Gasteiger partial charge in [-0.05, 0) is 36.3 Å². The van der Waals surface area contributed by atoms with Crippen LogP contribution in [0.2, 0.25) is 0 Å². The molecule has 1 aromatic rings. The predicted octanol–water partition coefficient (Wildman–Crippen LogP) is -0.213. The number of phenolic OH excluding ortho intramolecular Hbond substituents is 2. The van der Waals surface area contributed by atoms with E-state index in [0.717, 1.165) is 0 Å². The number of benzene rings is 1. The van der Waals surface area contributed by atoms with Gasteiger partial charge in [0, 0.05) is 0 Å². The van der Waals surface area contributed by atoms with Crippen molar-refractivity contribution in [2.45, 2.75) is 6.42 Å². The first kappa shape index (κ1) is 12.3. The third-order valence-electron chi connectivity index (χ3n) is 2.59. The van der Waals surface area contributed by atoms with E-state index in [-0.39, 0.29) is 23.0 Å². The normalized spacial score (nSPS) is 16.3. The van der Waals surface area contributed by atoms with Gasteiger partial charge in [-0.15, -0.1) is 0 Å². The zero-order chi connectivity index (χ0) is 13.3. The second-order valence-corrected chi connectivity index (χ2v) is 4.30. The smallest absolute Gasteiger partial charge is 0.239 e. The Morgan fingerprint density at radius 2 is 1.72 bits per heavy atom. The van der Waals surface area contributed by atoms with Gasteiger partial charge in [0.15, 0.2) is 16.6 Å². The lowest BCUT2D eigenvalue weighted by atomic mass is 9.96. The van der Waals surface area contributed by atoms with E-state index in [9.17, 15) is 14.7 Å². The summed E-state index contributed by atoms with van der Waals surface area (Å²) in [5.41, 5.74) is 0.563. The third kappa shape index (κ3) is 2.40. The Labute approximate surface area is 108 Å². The van der Waals surface area contributed by atoms with E-state index in [4.69, 9.17) is 5.11 Å². The van der Waals surface area contributed by atoms with Crippen molar-refractivity contribution < 1.29 is 19.8 Å². The first-order valence-corrected chi connectivity index (χ1v) is 5.55. The van der Waals surface area contributed by atoms with Crippen molar-refractivity contribution in [1.29, 1.82) is 0 Å². The molecule has 1 fully saturated rings. The monoisotopic (exact) mass is 266 g/mol. The summed E-state index contributed by atoms with van der Waals surface area (Å²) in [6.45, 7) is 0. The summed E-state index contributed by atoms with van der Waals surface area (Å²) in [5, 5.41) is 23.2. The molecule has 0 bridgehead atoms. The number of carbonyl (C=O) groups is 2. The summed E-state index contributed by atoms with van der Waals surface area (Å²) >= 11 is 4.68. The van der Waals surface area contributed by atoms with Crippen molar-refractivity contribution in [2.24, 2.45) is 5.92 Å². The van der Waals surface area contributed by atoms with Gasteiger partial charge in [0.2, 0.25) is 11.8 Å². The topological polar surface area (TPSA) is 98.7 Å². The number of carbonyl (C=O) groups excluding carboxylic acids is 2. The van der Waals surface area contributed by atoms with E-state index in [1.165, 1.54) is 18.2 Å². The molecule has 0 saturated carbocycles. The average molecular weight is 266 g/mol. The zero-order valence-electron chi connectivity index (χ0n) is 9.14. The maximum Gasteiger partial charge on any atom is 0.239 e. The van der Waals surface area contributed by atoms with Gasteiger partial charge < -0.3 is 20.8 Å². The molecule has 1 aliphatic heterocycles. The summed E-state index contributed by atoms with van der Waals surface area (Å²) in [6.07, 6.45) is 0.119. The third-order valence-corrected chi connectivity index (χ3v) is 2.79. The lowest BCUT2D eigenvalue weighted by Gasteiger charge is -2.22. The highest BCUT2D eigenvalue weighted by Gasteiger charge is 2.32. The van der Waals surface area contributed by atoms with Crippen molar-refractivity contribution in [3.63, 3.8) is 0 Å². The molecule has 4 N–H and O–H groups in total. The summed E-state index contributed by atoms with van der Waals surface area (Å²) in [6, 6.07) is 4.14. The molecule has 1 heterocycles. The number of hydrogen-bond donors (Lipinski definition) is 4. The van der Waals surface area contributed by atoms with Gasteiger partial charge in [0.05, 0.1) is 0 Å². The molecule has 2 rings (SSSR count). The Balaban J connectivity index is 2.17. The number of amides is 2. The molecule has 1 aliphatic rings. The number of nitrogens with one attached hydrogen (secondary N) is 2. The average Bonchev–Trinajstić information content (AvgIpc) is 2.28. The highest BCUT2D eigenvalue weighted by molar-refractivity contribution is 7.80. The molecule has 0 unspecified atom stereocenters. The molecule has 7 heteroatoms. The van der Waals surface area contributed by atoms with E-state index in [2.05, 4.69) is 22.9 Å². The predicted molar refractivity (Wildman–Crippen MR) is 65.8 cm³/mol. The summed E-state index contributed by atoms with van der Waals surface area (Å²) < 4.78 is 0. The highest BCUT2D eigenvalue weighted by atomic mass is 32.1. The molecule has 94 valence electrons. The molecule has 0 atom stereocenters. The maximum absolute atomic E-state index is 11.6. The largest absolute Gasteiger partial charge is 0.504 e. The zero-order valence-corrected chi connectivity index (χ0v) is 9.95. The number of phenols is 2. The van der Waals surface area contributed by atoms with Crippen LogP contribution in [-0.4, -0.2) is 27.1 Å². The molecule has 18 heavy (non-hydrogen) atoms. The van der Waals surface area contributed by atoms with Crippen LogP contribution in [0.15, 0.2) is 18.2 Å². The fourth-order valence-corrected chi connectivity index (χ4v) is 1.87. The minimum atomic E-state index is -0.902. The number of hydrogen-bond acceptors (Lipinski definition) is 5. The Morgan fingerprint density at radius 1 is 1.11 bits per heavy atom. The van der Waals surface area contributed by atoms with E-state index >= 15 is 0 Å². The SMILES string of the molecule is O=C1NC(=S)NC(=O)C1Cc1ccc(O)c(O)c1. The Bertz CT molecular complexity index is 524. The van der Waals surface area contributed by atoms with Crippen LogP contribution in [0.25, 0.3) is 0 Å². The molecule has 0 aliphatic carbocycles. The number of aromatic hydroxyl groups is 2. The van der Waals surface area contributed by atoms with E-state index in [1.807, 2.05) is 0 Å². The van der Waals surface area contributed by atoms with Crippen molar-refractivity contribution in [1.82, 2.24) is 10.6 Å². The van der Waals surface area contributed by atoms with Gasteiger partial charge in [-0.2, -0.15) is 0 Å². The van der Waals surface area contributed by atoms with Gasteiger partial charge >= 0.3 is 0 Å². The quantitative estimate of drug-likeness (QED) is 0.337.